The monoisotopic (exact) mass is 292 g/mol. The molecule has 0 atom stereocenters. The third-order valence-corrected chi connectivity index (χ3v) is 3.42. The maximum absolute atomic E-state index is 12.1. The van der Waals surface area contributed by atoms with Gasteiger partial charge in [-0.15, -0.1) is 0 Å². The van der Waals surface area contributed by atoms with Crippen LogP contribution < -0.4 is 0 Å². The van der Waals surface area contributed by atoms with Crippen LogP contribution in [0.15, 0.2) is 39.2 Å². The molecule has 0 aliphatic carbocycles. The number of benzene rings is 1. The fourth-order valence-corrected chi connectivity index (χ4v) is 2.24. The van der Waals surface area contributed by atoms with E-state index in [1.807, 2.05) is 38.1 Å². The third-order valence-electron chi connectivity index (χ3n) is 2.65. The summed E-state index contributed by atoms with van der Waals surface area (Å²) in [6.45, 7) is 3.67. The zero-order valence-electron chi connectivity index (χ0n) is 9.79. The van der Waals surface area contributed by atoms with Crippen LogP contribution in [0.1, 0.15) is 27.4 Å². The van der Waals surface area contributed by atoms with Crippen LogP contribution in [-0.4, -0.2) is 5.78 Å². The number of aryl methyl sites for hydroxylation is 2. The van der Waals surface area contributed by atoms with Gasteiger partial charge in [0, 0.05) is 10.9 Å². The Hall–Kier alpha value is -1.35. The van der Waals surface area contributed by atoms with Crippen molar-refractivity contribution in [3.05, 3.63) is 57.5 Å². The molecule has 2 rings (SSSR count). The third kappa shape index (κ3) is 2.67. The highest BCUT2D eigenvalue weighted by Crippen LogP contribution is 2.20. The fraction of sp³-hybridized carbons (Fsp3) is 0.214. The summed E-state index contributed by atoms with van der Waals surface area (Å²) in [4.78, 5) is 12.1. The Morgan fingerprint density at radius 1 is 1.29 bits per heavy atom. The van der Waals surface area contributed by atoms with Gasteiger partial charge in [0.05, 0.1) is 5.56 Å². The van der Waals surface area contributed by atoms with Crippen LogP contribution >= 0.6 is 15.9 Å². The van der Waals surface area contributed by atoms with Crippen LogP contribution in [0.2, 0.25) is 0 Å². The average Bonchev–Trinajstić information content (AvgIpc) is 2.61. The van der Waals surface area contributed by atoms with Crippen LogP contribution in [0, 0.1) is 13.8 Å². The average molecular weight is 293 g/mol. The summed E-state index contributed by atoms with van der Waals surface area (Å²) in [6.07, 6.45) is 0.390. The smallest absolute Gasteiger partial charge is 0.170 e. The first-order valence-corrected chi connectivity index (χ1v) is 6.21. The van der Waals surface area contributed by atoms with Crippen molar-refractivity contribution < 1.29 is 9.21 Å². The zero-order valence-corrected chi connectivity index (χ0v) is 11.4. The number of furan rings is 1. The van der Waals surface area contributed by atoms with E-state index < -0.39 is 0 Å². The van der Waals surface area contributed by atoms with Gasteiger partial charge in [0.2, 0.25) is 0 Å². The van der Waals surface area contributed by atoms with Gasteiger partial charge in [-0.05, 0) is 31.5 Å². The van der Waals surface area contributed by atoms with Gasteiger partial charge in [-0.2, -0.15) is 0 Å². The second kappa shape index (κ2) is 4.88. The number of carbonyl (C=O) groups is 1. The van der Waals surface area contributed by atoms with Crippen molar-refractivity contribution in [1.82, 2.24) is 0 Å². The van der Waals surface area contributed by atoms with E-state index in [1.54, 1.807) is 6.07 Å². The SMILES string of the molecule is Cc1cc(C(=O)Cc2ccccc2Br)c(C)o1. The van der Waals surface area contributed by atoms with Gasteiger partial charge in [-0.1, -0.05) is 34.1 Å². The van der Waals surface area contributed by atoms with Crippen LogP contribution in [0.3, 0.4) is 0 Å². The highest BCUT2D eigenvalue weighted by molar-refractivity contribution is 9.10. The van der Waals surface area contributed by atoms with Gasteiger partial charge in [0.25, 0.3) is 0 Å². The molecule has 1 aromatic heterocycles. The molecule has 0 saturated heterocycles. The number of Topliss-reactive ketones (excluding diaryl/α,β-unsaturated/α-hetero) is 1. The molecule has 0 bridgehead atoms. The second-order valence-electron chi connectivity index (χ2n) is 4.02. The van der Waals surface area contributed by atoms with Crippen LogP contribution in [-0.2, 0) is 6.42 Å². The Bertz CT molecular complexity index is 555. The zero-order chi connectivity index (χ0) is 12.4. The molecule has 2 aromatic rings. The van der Waals surface area contributed by atoms with Gasteiger partial charge < -0.3 is 4.42 Å². The number of carbonyl (C=O) groups excluding carboxylic acids is 1. The summed E-state index contributed by atoms with van der Waals surface area (Å²) in [5, 5.41) is 0. The van der Waals surface area contributed by atoms with Crippen molar-refractivity contribution in [2.45, 2.75) is 20.3 Å². The first kappa shape index (κ1) is 12.1. The molecular formula is C14H13BrO2. The van der Waals surface area contributed by atoms with Gasteiger partial charge in [-0.25, -0.2) is 0 Å². The standard InChI is InChI=1S/C14H13BrO2/c1-9-7-12(10(2)17-9)14(16)8-11-5-3-4-6-13(11)15/h3-7H,8H2,1-2H3. The van der Waals surface area contributed by atoms with E-state index in [-0.39, 0.29) is 5.78 Å². The molecule has 2 nitrogen and oxygen atoms in total. The minimum atomic E-state index is 0.0891. The van der Waals surface area contributed by atoms with Crippen LogP contribution in [0.5, 0.6) is 0 Å². The Balaban J connectivity index is 2.23. The normalized spacial score (nSPS) is 10.5. The molecule has 1 heterocycles. The van der Waals surface area contributed by atoms with Gasteiger partial charge in [0.1, 0.15) is 11.5 Å². The van der Waals surface area contributed by atoms with Gasteiger partial charge in [0.15, 0.2) is 5.78 Å². The Labute approximate surface area is 109 Å². The highest BCUT2D eigenvalue weighted by atomic mass is 79.9. The Kier molecular flexibility index (Phi) is 3.48. The molecule has 88 valence electrons. The minimum Gasteiger partial charge on any atom is -0.466 e. The second-order valence-corrected chi connectivity index (χ2v) is 4.87. The van der Waals surface area contributed by atoms with Crippen molar-refractivity contribution in [3.8, 4) is 0 Å². The highest BCUT2D eigenvalue weighted by Gasteiger charge is 2.14. The molecule has 0 aliphatic rings. The van der Waals surface area contributed by atoms with Crippen LogP contribution in [0.4, 0.5) is 0 Å². The van der Waals surface area contributed by atoms with Crippen LogP contribution in [0.25, 0.3) is 0 Å². The maximum atomic E-state index is 12.1. The number of halogens is 1. The predicted molar refractivity (Wildman–Crippen MR) is 70.4 cm³/mol. The van der Waals surface area contributed by atoms with Crippen molar-refractivity contribution >= 4 is 21.7 Å². The molecular weight excluding hydrogens is 280 g/mol. The minimum absolute atomic E-state index is 0.0891. The largest absolute Gasteiger partial charge is 0.466 e. The van der Waals surface area contributed by atoms with E-state index in [2.05, 4.69) is 15.9 Å². The lowest BCUT2D eigenvalue weighted by atomic mass is 10.0. The Morgan fingerprint density at radius 2 is 2.00 bits per heavy atom. The van der Waals surface area contributed by atoms with E-state index in [0.29, 0.717) is 17.7 Å². The van der Waals surface area contributed by atoms with Crippen molar-refractivity contribution in [2.24, 2.45) is 0 Å². The molecule has 0 amide bonds. The number of hydrogen-bond acceptors (Lipinski definition) is 2. The molecule has 1 aromatic carbocycles. The summed E-state index contributed by atoms with van der Waals surface area (Å²) in [7, 11) is 0. The summed E-state index contributed by atoms with van der Waals surface area (Å²) < 4.78 is 6.34. The molecule has 0 aliphatic heterocycles. The van der Waals surface area contributed by atoms with Crippen molar-refractivity contribution in [1.29, 1.82) is 0 Å². The molecule has 0 unspecified atom stereocenters. The lowest BCUT2D eigenvalue weighted by Gasteiger charge is -2.02. The molecule has 0 radical (unpaired) electrons. The van der Waals surface area contributed by atoms with E-state index in [1.165, 1.54) is 0 Å². The molecule has 0 spiro atoms. The summed E-state index contributed by atoms with van der Waals surface area (Å²) in [5.74, 6) is 1.56. The molecule has 0 fully saturated rings. The first-order chi connectivity index (χ1) is 8.08. The quantitative estimate of drug-likeness (QED) is 0.798. The lowest BCUT2D eigenvalue weighted by molar-refractivity contribution is 0.0991. The maximum Gasteiger partial charge on any atom is 0.170 e. The first-order valence-electron chi connectivity index (χ1n) is 5.41. The predicted octanol–water partition coefficient (Wildman–Crippen LogP) is 4.08. The number of rotatable bonds is 3. The van der Waals surface area contributed by atoms with Gasteiger partial charge in [-0.3, -0.25) is 4.79 Å². The molecule has 17 heavy (non-hydrogen) atoms. The number of ketones is 1. The van der Waals surface area contributed by atoms with Crippen molar-refractivity contribution in [2.75, 3.05) is 0 Å². The van der Waals surface area contributed by atoms with E-state index >= 15 is 0 Å². The Morgan fingerprint density at radius 3 is 2.59 bits per heavy atom. The topological polar surface area (TPSA) is 30.2 Å². The van der Waals surface area contributed by atoms with E-state index in [9.17, 15) is 4.79 Å². The summed E-state index contributed by atoms with van der Waals surface area (Å²) in [6, 6.07) is 9.56. The van der Waals surface area contributed by atoms with E-state index in [0.717, 1.165) is 15.8 Å². The molecule has 0 saturated carbocycles. The van der Waals surface area contributed by atoms with Crippen molar-refractivity contribution in [3.63, 3.8) is 0 Å². The lowest BCUT2D eigenvalue weighted by Crippen LogP contribution is -2.04. The molecule has 3 heteroatoms. The number of hydrogen-bond donors (Lipinski definition) is 0. The summed E-state index contributed by atoms with van der Waals surface area (Å²) >= 11 is 3.45. The van der Waals surface area contributed by atoms with E-state index in [4.69, 9.17) is 4.42 Å². The molecule has 0 N–H and O–H groups in total. The van der Waals surface area contributed by atoms with Gasteiger partial charge >= 0.3 is 0 Å². The summed E-state index contributed by atoms with van der Waals surface area (Å²) in [5.41, 5.74) is 1.68. The fourth-order valence-electron chi connectivity index (χ4n) is 1.82.